The molecule has 0 bridgehead atoms. The van der Waals surface area contributed by atoms with Crippen molar-refractivity contribution in [3.8, 4) is 0 Å². The first-order valence-electron chi connectivity index (χ1n) is 11.5. The third kappa shape index (κ3) is 7.96. The van der Waals surface area contributed by atoms with Crippen molar-refractivity contribution in [1.29, 1.82) is 0 Å². The van der Waals surface area contributed by atoms with Crippen LogP contribution in [0.15, 0.2) is 48.5 Å². The van der Waals surface area contributed by atoms with Crippen molar-refractivity contribution in [2.75, 3.05) is 57.4 Å². The number of esters is 1. The molecule has 1 heterocycles. The molecule has 0 saturated carbocycles. The molecule has 0 radical (unpaired) electrons. The number of ether oxygens (including phenoxy) is 1. The monoisotopic (exact) mass is 518 g/mol. The molecule has 2 aromatic rings. The second kappa shape index (κ2) is 13.5. The molecule has 1 aliphatic rings. The Balaban J connectivity index is 1.48. The van der Waals surface area contributed by atoms with Gasteiger partial charge in [0.1, 0.15) is 0 Å². The Morgan fingerprint density at radius 1 is 1.06 bits per heavy atom. The smallest absolute Gasteiger partial charge is 0.328 e. The van der Waals surface area contributed by atoms with E-state index in [2.05, 4.69) is 10.2 Å². The largest absolute Gasteiger partial charge is 0.468 e. The van der Waals surface area contributed by atoms with Crippen molar-refractivity contribution in [3.05, 3.63) is 64.7 Å². The summed E-state index contributed by atoms with van der Waals surface area (Å²) in [5.41, 5.74) is 7.78. The van der Waals surface area contributed by atoms with Gasteiger partial charge in [-0.15, -0.1) is 11.8 Å². The first kappa shape index (κ1) is 27.0. The van der Waals surface area contributed by atoms with Crippen LogP contribution in [-0.4, -0.2) is 85.0 Å². The van der Waals surface area contributed by atoms with Crippen LogP contribution in [0.2, 0.25) is 5.02 Å². The maximum atomic E-state index is 12.9. The Bertz CT molecular complexity index is 996. The van der Waals surface area contributed by atoms with Crippen molar-refractivity contribution in [3.63, 3.8) is 0 Å². The second-order valence-electron chi connectivity index (χ2n) is 8.14. The van der Waals surface area contributed by atoms with Crippen LogP contribution in [0.25, 0.3) is 0 Å². The molecule has 3 rings (SSSR count). The van der Waals surface area contributed by atoms with Gasteiger partial charge in [0.15, 0.2) is 5.25 Å². The number of carbonyl (C=O) groups is 3. The van der Waals surface area contributed by atoms with E-state index in [9.17, 15) is 14.4 Å². The van der Waals surface area contributed by atoms with Crippen LogP contribution in [0.3, 0.4) is 0 Å². The van der Waals surface area contributed by atoms with Gasteiger partial charge in [-0.2, -0.15) is 0 Å². The average molecular weight is 519 g/mol. The zero-order valence-electron chi connectivity index (χ0n) is 19.7. The second-order valence-corrected chi connectivity index (χ2v) is 9.79. The van der Waals surface area contributed by atoms with E-state index in [1.807, 2.05) is 29.2 Å². The van der Waals surface area contributed by atoms with E-state index < -0.39 is 17.1 Å². The quantitative estimate of drug-likeness (QED) is 0.368. The minimum Gasteiger partial charge on any atom is -0.468 e. The molecule has 1 atom stereocenters. The molecule has 1 fully saturated rings. The number of thioether (sulfide) groups is 1. The lowest BCUT2D eigenvalue weighted by Crippen LogP contribution is -2.49. The predicted octanol–water partition coefficient (Wildman–Crippen LogP) is 2.51. The van der Waals surface area contributed by atoms with Crippen LogP contribution >= 0.6 is 23.4 Å². The summed E-state index contributed by atoms with van der Waals surface area (Å²) < 4.78 is 4.72. The van der Waals surface area contributed by atoms with Gasteiger partial charge in [0, 0.05) is 61.3 Å². The summed E-state index contributed by atoms with van der Waals surface area (Å²) in [7, 11) is 1.24. The fourth-order valence-corrected chi connectivity index (χ4v) is 4.68. The molecule has 0 unspecified atom stereocenters. The molecular formula is C25H31ClN4O4S. The van der Waals surface area contributed by atoms with Gasteiger partial charge < -0.3 is 20.7 Å². The topological polar surface area (TPSA) is 105 Å². The molecule has 35 heavy (non-hydrogen) atoms. The standard InChI is InChI=1S/C25H31ClN4O4S/c1-34-25(33)22(35-17-11-27)23(31)28-21-8-4-19(5-9-21)24(32)30-15-13-29(14-16-30)12-10-18-2-6-20(26)7-3-18/h2-9,22H,10-17,27H2,1H3,(H,28,31)/t22-/m1/s1. The van der Waals surface area contributed by atoms with Crippen molar-refractivity contribution < 1.29 is 19.1 Å². The number of methoxy groups -OCH3 is 1. The molecule has 10 heteroatoms. The Labute approximate surface area is 215 Å². The first-order chi connectivity index (χ1) is 16.9. The van der Waals surface area contributed by atoms with Gasteiger partial charge in [0.05, 0.1) is 7.11 Å². The fourth-order valence-electron chi connectivity index (χ4n) is 3.74. The van der Waals surface area contributed by atoms with E-state index in [-0.39, 0.29) is 5.91 Å². The lowest BCUT2D eigenvalue weighted by atomic mass is 10.1. The molecule has 8 nitrogen and oxygen atoms in total. The number of amides is 2. The van der Waals surface area contributed by atoms with Crippen LogP contribution < -0.4 is 11.1 Å². The molecule has 3 N–H and O–H groups in total. The maximum Gasteiger partial charge on any atom is 0.328 e. The molecule has 2 amide bonds. The van der Waals surface area contributed by atoms with E-state index in [4.69, 9.17) is 22.1 Å². The predicted molar refractivity (Wildman–Crippen MR) is 140 cm³/mol. The highest BCUT2D eigenvalue weighted by Crippen LogP contribution is 2.18. The van der Waals surface area contributed by atoms with Crippen molar-refractivity contribution in [2.24, 2.45) is 5.73 Å². The highest BCUT2D eigenvalue weighted by Gasteiger charge is 2.28. The van der Waals surface area contributed by atoms with Crippen LogP contribution in [0.5, 0.6) is 0 Å². The number of nitrogens with two attached hydrogens (primary N) is 1. The van der Waals surface area contributed by atoms with Crippen LogP contribution in [0, 0.1) is 0 Å². The van der Waals surface area contributed by atoms with E-state index in [1.54, 1.807) is 24.3 Å². The number of rotatable bonds is 10. The number of halogens is 1. The van der Waals surface area contributed by atoms with Gasteiger partial charge in [-0.25, -0.2) is 0 Å². The molecule has 0 aliphatic carbocycles. The van der Waals surface area contributed by atoms with E-state index in [0.29, 0.717) is 36.6 Å². The molecule has 0 aromatic heterocycles. The summed E-state index contributed by atoms with van der Waals surface area (Å²) in [5, 5.41) is 2.45. The number of piperazine rings is 1. The number of anilines is 1. The van der Waals surface area contributed by atoms with Crippen LogP contribution in [-0.2, 0) is 20.7 Å². The Morgan fingerprint density at radius 3 is 2.31 bits per heavy atom. The van der Waals surface area contributed by atoms with Crippen LogP contribution in [0.1, 0.15) is 15.9 Å². The molecule has 1 saturated heterocycles. The van der Waals surface area contributed by atoms with E-state index in [1.165, 1.54) is 12.7 Å². The number of benzene rings is 2. The SMILES string of the molecule is COC(=O)[C@H](SCCN)C(=O)Nc1ccc(C(=O)N2CCN(CCc3ccc(Cl)cc3)CC2)cc1. The highest BCUT2D eigenvalue weighted by molar-refractivity contribution is 8.01. The number of nitrogens with zero attached hydrogens (tertiary/aromatic N) is 2. The van der Waals surface area contributed by atoms with Gasteiger partial charge in [0.25, 0.3) is 5.91 Å². The summed E-state index contributed by atoms with van der Waals surface area (Å²) in [4.78, 5) is 41.6. The number of nitrogens with one attached hydrogen (secondary N) is 1. The average Bonchev–Trinajstić information content (AvgIpc) is 2.88. The van der Waals surface area contributed by atoms with E-state index in [0.717, 1.165) is 42.8 Å². The Morgan fingerprint density at radius 2 is 1.71 bits per heavy atom. The fraction of sp³-hybridized carbons (Fsp3) is 0.400. The molecule has 188 valence electrons. The van der Waals surface area contributed by atoms with Gasteiger partial charge >= 0.3 is 5.97 Å². The third-order valence-electron chi connectivity index (χ3n) is 5.74. The minimum atomic E-state index is -0.999. The van der Waals surface area contributed by atoms with Crippen molar-refractivity contribution in [2.45, 2.75) is 11.7 Å². The Hall–Kier alpha value is -2.59. The maximum absolute atomic E-state index is 12.9. The molecule has 1 aliphatic heterocycles. The summed E-state index contributed by atoms with van der Waals surface area (Å²) in [5.74, 6) is -0.690. The number of carbonyl (C=O) groups excluding carboxylic acids is 3. The lowest BCUT2D eigenvalue weighted by molar-refractivity contribution is -0.142. The summed E-state index contributed by atoms with van der Waals surface area (Å²) in [6.07, 6.45) is 0.944. The van der Waals surface area contributed by atoms with Gasteiger partial charge in [-0.3, -0.25) is 19.3 Å². The number of hydrogen-bond donors (Lipinski definition) is 2. The number of hydrogen-bond acceptors (Lipinski definition) is 7. The first-order valence-corrected chi connectivity index (χ1v) is 12.9. The zero-order chi connectivity index (χ0) is 25.2. The lowest BCUT2D eigenvalue weighted by Gasteiger charge is -2.34. The van der Waals surface area contributed by atoms with Crippen molar-refractivity contribution in [1.82, 2.24) is 9.80 Å². The summed E-state index contributed by atoms with van der Waals surface area (Å²) in [6, 6.07) is 14.6. The zero-order valence-corrected chi connectivity index (χ0v) is 21.3. The molecular weight excluding hydrogens is 488 g/mol. The summed E-state index contributed by atoms with van der Waals surface area (Å²) >= 11 is 7.08. The summed E-state index contributed by atoms with van der Waals surface area (Å²) in [6.45, 7) is 4.26. The Kier molecular flexibility index (Phi) is 10.4. The van der Waals surface area contributed by atoms with Crippen molar-refractivity contribution >= 4 is 46.8 Å². The highest BCUT2D eigenvalue weighted by atomic mass is 35.5. The van der Waals surface area contributed by atoms with Gasteiger partial charge in [0.2, 0.25) is 5.91 Å². The normalized spacial score (nSPS) is 14.9. The third-order valence-corrected chi connectivity index (χ3v) is 7.21. The van der Waals surface area contributed by atoms with Gasteiger partial charge in [-0.05, 0) is 48.4 Å². The minimum absolute atomic E-state index is 0.0360. The van der Waals surface area contributed by atoms with E-state index >= 15 is 0 Å². The molecule has 0 spiro atoms. The van der Waals surface area contributed by atoms with Crippen LogP contribution in [0.4, 0.5) is 5.69 Å². The molecule has 2 aromatic carbocycles. The van der Waals surface area contributed by atoms with Gasteiger partial charge in [-0.1, -0.05) is 23.7 Å².